The lowest BCUT2D eigenvalue weighted by atomic mass is 10.0. The number of rotatable bonds is 9. The number of unbranched alkanes of at least 4 members (excludes halogenated alkanes) is 6. The molecule has 0 saturated carbocycles. The van der Waals surface area contributed by atoms with Crippen molar-refractivity contribution in [3.8, 4) is 0 Å². The van der Waals surface area contributed by atoms with Gasteiger partial charge in [-0.1, -0.05) is 57.0 Å². The summed E-state index contributed by atoms with van der Waals surface area (Å²) in [6, 6.07) is 0.315. The molecule has 0 radical (unpaired) electrons. The molecular weight excluding hydrogens is 250 g/mol. The first-order chi connectivity index (χ1) is 9.90. The molecule has 1 aliphatic heterocycles. The SMILES string of the molecule is CCCCCCCCCc1nc(C2CCCCN2)no1. The zero-order valence-electron chi connectivity index (χ0n) is 12.9. The molecule has 4 heteroatoms. The Morgan fingerprint density at radius 2 is 1.90 bits per heavy atom. The van der Waals surface area contributed by atoms with Gasteiger partial charge in [0.05, 0.1) is 6.04 Å². The number of nitrogens with one attached hydrogen (secondary N) is 1. The van der Waals surface area contributed by atoms with Crippen LogP contribution in [0.4, 0.5) is 0 Å². The van der Waals surface area contributed by atoms with E-state index in [-0.39, 0.29) is 0 Å². The van der Waals surface area contributed by atoms with Crippen LogP contribution in [-0.2, 0) is 6.42 Å². The van der Waals surface area contributed by atoms with Crippen LogP contribution >= 0.6 is 0 Å². The first-order valence-corrected chi connectivity index (χ1v) is 8.46. The van der Waals surface area contributed by atoms with Crippen LogP contribution < -0.4 is 5.32 Å². The minimum Gasteiger partial charge on any atom is -0.339 e. The van der Waals surface area contributed by atoms with E-state index in [0.29, 0.717) is 6.04 Å². The molecule has 1 aliphatic rings. The molecule has 0 aliphatic carbocycles. The van der Waals surface area contributed by atoms with Crippen LogP contribution in [0.3, 0.4) is 0 Å². The molecule has 1 unspecified atom stereocenters. The van der Waals surface area contributed by atoms with Gasteiger partial charge in [0.25, 0.3) is 0 Å². The van der Waals surface area contributed by atoms with Gasteiger partial charge in [0, 0.05) is 6.42 Å². The van der Waals surface area contributed by atoms with E-state index in [1.807, 2.05) is 0 Å². The van der Waals surface area contributed by atoms with Crippen LogP contribution in [0.1, 0.15) is 88.9 Å². The maximum atomic E-state index is 5.36. The third kappa shape index (κ3) is 5.23. The molecule has 20 heavy (non-hydrogen) atoms. The molecule has 1 N–H and O–H groups in total. The second-order valence-corrected chi connectivity index (χ2v) is 5.92. The van der Waals surface area contributed by atoms with Gasteiger partial charge in [0.1, 0.15) is 0 Å². The first-order valence-electron chi connectivity index (χ1n) is 8.46. The smallest absolute Gasteiger partial charge is 0.226 e. The Hall–Kier alpha value is -0.900. The molecule has 0 bridgehead atoms. The first kappa shape index (κ1) is 15.5. The third-order valence-electron chi connectivity index (χ3n) is 4.10. The van der Waals surface area contributed by atoms with E-state index < -0.39 is 0 Å². The molecule has 2 rings (SSSR count). The van der Waals surface area contributed by atoms with E-state index in [2.05, 4.69) is 22.4 Å². The molecule has 4 nitrogen and oxygen atoms in total. The minimum atomic E-state index is 0.315. The fraction of sp³-hybridized carbons (Fsp3) is 0.875. The van der Waals surface area contributed by atoms with E-state index in [9.17, 15) is 0 Å². The van der Waals surface area contributed by atoms with Gasteiger partial charge in [0.2, 0.25) is 5.89 Å². The maximum absolute atomic E-state index is 5.36. The average Bonchev–Trinajstić information content (AvgIpc) is 2.96. The summed E-state index contributed by atoms with van der Waals surface area (Å²) in [5.41, 5.74) is 0. The van der Waals surface area contributed by atoms with Gasteiger partial charge in [-0.05, 0) is 25.8 Å². The highest BCUT2D eigenvalue weighted by Gasteiger charge is 2.19. The van der Waals surface area contributed by atoms with Gasteiger partial charge in [-0.2, -0.15) is 4.98 Å². The molecule has 1 atom stereocenters. The van der Waals surface area contributed by atoms with Crippen LogP contribution in [0.2, 0.25) is 0 Å². The topological polar surface area (TPSA) is 51.0 Å². The van der Waals surface area contributed by atoms with Crippen molar-refractivity contribution in [2.45, 2.75) is 83.6 Å². The second kappa shape index (κ2) is 9.11. The quantitative estimate of drug-likeness (QED) is 0.689. The van der Waals surface area contributed by atoms with Crippen LogP contribution in [0.15, 0.2) is 4.52 Å². The summed E-state index contributed by atoms with van der Waals surface area (Å²) < 4.78 is 5.36. The summed E-state index contributed by atoms with van der Waals surface area (Å²) in [5.74, 6) is 1.68. The van der Waals surface area contributed by atoms with Gasteiger partial charge >= 0.3 is 0 Å². The van der Waals surface area contributed by atoms with E-state index in [1.165, 1.54) is 57.8 Å². The van der Waals surface area contributed by atoms with Crippen molar-refractivity contribution in [3.05, 3.63) is 11.7 Å². The lowest BCUT2D eigenvalue weighted by molar-refractivity contribution is 0.346. The summed E-state index contributed by atoms with van der Waals surface area (Å²) in [7, 11) is 0. The van der Waals surface area contributed by atoms with Crippen molar-refractivity contribution in [3.63, 3.8) is 0 Å². The highest BCUT2D eigenvalue weighted by atomic mass is 16.5. The monoisotopic (exact) mass is 279 g/mol. The fourth-order valence-corrected chi connectivity index (χ4v) is 2.82. The zero-order valence-corrected chi connectivity index (χ0v) is 12.9. The molecule has 1 fully saturated rings. The summed E-state index contributed by atoms with van der Waals surface area (Å²) in [4.78, 5) is 4.54. The van der Waals surface area contributed by atoms with Crippen molar-refractivity contribution in [2.75, 3.05) is 6.54 Å². The van der Waals surface area contributed by atoms with Crippen LogP contribution in [-0.4, -0.2) is 16.7 Å². The normalized spacial score (nSPS) is 19.4. The van der Waals surface area contributed by atoms with Crippen molar-refractivity contribution in [2.24, 2.45) is 0 Å². The van der Waals surface area contributed by atoms with Gasteiger partial charge < -0.3 is 9.84 Å². The Balaban J connectivity index is 1.60. The van der Waals surface area contributed by atoms with E-state index in [0.717, 1.165) is 31.1 Å². The van der Waals surface area contributed by atoms with Crippen LogP contribution in [0.5, 0.6) is 0 Å². The molecule has 0 spiro atoms. The van der Waals surface area contributed by atoms with Gasteiger partial charge in [-0.25, -0.2) is 0 Å². The summed E-state index contributed by atoms with van der Waals surface area (Å²) >= 11 is 0. The van der Waals surface area contributed by atoms with Crippen molar-refractivity contribution in [1.29, 1.82) is 0 Å². The average molecular weight is 279 g/mol. The highest BCUT2D eigenvalue weighted by molar-refractivity contribution is 4.95. The number of aryl methyl sites for hydroxylation is 1. The second-order valence-electron chi connectivity index (χ2n) is 5.92. The standard InChI is InChI=1S/C16H29N3O/c1-2-3-4-5-6-7-8-12-15-18-16(19-20-15)14-11-9-10-13-17-14/h14,17H,2-13H2,1H3. The molecule has 1 saturated heterocycles. The Bertz CT molecular complexity index is 358. The van der Waals surface area contributed by atoms with E-state index in [4.69, 9.17) is 4.52 Å². The number of piperidine rings is 1. The fourth-order valence-electron chi connectivity index (χ4n) is 2.82. The maximum Gasteiger partial charge on any atom is 0.226 e. The van der Waals surface area contributed by atoms with Gasteiger partial charge in [-0.3, -0.25) is 0 Å². The third-order valence-corrected chi connectivity index (χ3v) is 4.10. The highest BCUT2D eigenvalue weighted by Crippen LogP contribution is 2.20. The summed E-state index contributed by atoms with van der Waals surface area (Å²) in [5, 5.41) is 7.59. The summed E-state index contributed by atoms with van der Waals surface area (Å²) in [6.45, 7) is 3.33. The lowest BCUT2D eigenvalue weighted by Crippen LogP contribution is -2.27. The predicted molar refractivity (Wildman–Crippen MR) is 80.6 cm³/mol. The number of hydrogen-bond donors (Lipinski definition) is 1. The van der Waals surface area contributed by atoms with Gasteiger partial charge in [0.15, 0.2) is 5.82 Å². The lowest BCUT2D eigenvalue weighted by Gasteiger charge is -2.19. The Labute approximate surface area is 122 Å². The van der Waals surface area contributed by atoms with Crippen molar-refractivity contribution < 1.29 is 4.52 Å². The largest absolute Gasteiger partial charge is 0.339 e. The van der Waals surface area contributed by atoms with Crippen molar-refractivity contribution in [1.82, 2.24) is 15.5 Å². The number of aromatic nitrogens is 2. The predicted octanol–water partition coefficient (Wildman–Crippen LogP) is 4.18. The molecule has 2 heterocycles. The number of hydrogen-bond acceptors (Lipinski definition) is 4. The molecular formula is C16H29N3O. The Morgan fingerprint density at radius 3 is 2.65 bits per heavy atom. The molecule has 1 aromatic rings. The Kier molecular flexibility index (Phi) is 7.06. The van der Waals surface area contributed by atoms with Crippen LogP contribution in [0, 0.1) is 0 Å². The van der Waals surface area contributed by atoms with E-state index in [1.54, 1.807) is 0 Å². The van der Waals surface area contributed by atoms with Gasteiger partial charge in [-0.15, -0.1) is 0 Å². The minimum absolute atomic E-state index is 0.315. The number of nitrogens with zero attached hydrogens (tertiary/aromatic N) is 2. The molecule has 1 aromatic heterocycles. The summed E-state index contributed by atoms with van der Waals surface area (Å²) in [6.07, 6.45) is 13.8. The molecule has 114 valence electrons. The molecule has 0 aromatic carbocycles. The molecule has 0 amide bonds. The van der Waals surface area contributed by atoms with Crippen molar-refractivity contribution >= 4 is 0 Å². The van der Waals surface area contributed by atoms with E-state index >= 15 is 0 Å². The Morgan fingerprint density at radius 1 is 1.10 bits per heavy atom. The van der Waals surface area contributed by atoms with Crippen LogP contribution in [0.25, 0.3) is 0 Å². The zero-order chi connectivity index (χ0) is 14.0.